The predicted octanol–water partition coefficient (Wildman–Crippen LogP) is 3.68. The predicted molar refractivity (Wildman–Crippen MR) is 105 cm³/mol. The third kappa shape index (κ3) is 3.13. The Balaban J connectivity index is 1.51. The first kappa shape index (κ1) is 16.9. The number of aromatic nitrogens is 1. The first-order chi connectivity index (χ1) is 12.6. The van der Waals surface area contributed by atoms with Crippen LogP contribution in [-0.4, -0.2) is 17.4 Å². The van der Waals surface area contributed by atoms with Crippen molar-refractivity contribution in [1.82, 2.24) is 15.6 Å². The topological polar surface area (TPSA) is 56.9 Å². The fraction of sp³-hybridized carbons (Fsp3) is 0.318. The van der Waals surface area contributed by atoms with E-state index in [1.54, 1.807) is 0 Å². The number of fused-ring (bicyclic) bond motifs is 1. The number of H-pyrrole nitrogens is 1. The van der Waals surface area contributed by atoms with Crippen LogP contribution >= 0.6 is 0 Å². The summed E-state index contributed by atoms with van der Waals surface area (Å²) in [5, 5.41) is 8.03. The van der Waals surface area contributed by atoms with Gasteiger partial charge in [0.25, 0.3) is 0 Å². The van der Waals surface area contributed by atoms with E-state index in [2.05, 4.69) is 59.8 Å². The molecular formula is C22H25N3O. The van der Waals surface area contributed by atoms with Gasteiger partial charge >= 0.3 is 0 Å². The van der Waals surface area contributed by atoms with Crippen molar-refractivity contribution in [1.29, 1.82) is 0 Å². The fourth-order valence-electron chi connectivity index (χ4n) is 4.09. The largest absolute Gasteiger partial charge is 0.357 e. The van der Waals surface area contributed by atoms with E-state index in [1.165, 1.54) is 33.3 Å². The Labute approximate surface area is 154 Å². The summed E-state index contributed by atoms with van der Waals surface area (Å²) in [6.45, 7) is 5.74. The van der Waals surface area contributed by atoms with Crippen LogP contribution in [0.5, 0.6) is 0 Å². The second-order valence-electron chi connectivity index (χ2n) is 7.44. The molecule has 4 nitrogen and oxygen atoms in total. The molecule has 1 aliphatic rings. The van der Waals surface area contributed by atoms with Gasteiger partial charge in [0.2, 0.25) is 5.91 Å². The van der Waals surface area contributed by atoms with Gasteiger partial charge < -0.3 is 15.6 Å². The molecule has 1 aromatic heterocycles. The average Bonchev–Trinajstić information content (AvgIpc) is 3.20. The Morgan fingerprint density at radius 1 is 1.12 bits per heavy atom. The Hall–Kier alpha value is -2.59. The van der Waals surface area contributed by atoms with Crippen molar-refractivity contribution < 1.29 is 4.79 Å². The summed E-state index contributed by atoms with van der Waals surface area (Å²) in [5.41, 5.74) is 5.78. The smallest absolute Gasteiger partial charge is 0.220 e. The molecule has 1 amide bonds. The number of rotatable bonds is 5. The van der Waals surface area contributed by atoms with Crippen LogP contribution in [0.4, 0.5) is 0 Å². The Bertz CT molecular complexity index is 945. The number of aromatic amines is 1. The van der Waals surface area contributed by atoms with Gasteiger partial charge in [-0.15, -0.1) is 0 Å². The van der Waals surface area contributed by atoms with Crippen LogP contribution < -0.4 is 10.6 Å². The molecule has 1 saturated heterocycles. The first-order valence-corrected chi connectivity index (χ1v) is 9.22. The number of benzene rings is 2. The molecule has 0 bridgehead atoms. The van der Waals surface area contributed by atoms with E-state index in [-0.39, 0.29) is 11.4 Å². The Kier molecular flexibility index (Phi) is 4.29. The standard InChI is InChI=1S/C22H25N3O/c1-15-10-16(2)19-12-18(24-20(19)11-15)13-23-14-22(9-8-21(26)25-22)17-6-4-3-5-7-17/h3-7,10-12,23-24H,8-9,13-14H2,1-2H3,(H,25,26). The molecule has 3 aromatic rings. The highest BCUT2D eigenvalue weighted by Crippen LogP contribution is 2.31. The highest BCUT2D eigenvalue weighted by atomic mass is 16.2. The van der Waals surface area contributed by atoms with Gasteiger partial charge in [0.1, 0.15) is 0 Å². The summed E-state index contributed by atoms with van der Waals surface area (Å²) < 4.78 is 0. The van der Waals surface area contributed by atoms with Crippen LogP contribution in [0.1, 0.15) is 35.2 Å². The number of hydrogen-bond donors (Lipinski definition) is 3. The van der Waals surface area contributed by atoms with E-state index >= 15 is 0 Å². The summed E-state index contributed by atoms with van der Waals surface area (Å²) in [6.07, 6.45) is 1.41. The number of carbonyl (C=O) groups is 1. The van der Waals surface area contributed by atoms with Gasteiger partial charge in [0, 0.05) is 36.1 Å². The van der Waals surface area contributed by atoms with E-state index in [0.717, 1.165) is 19.5 Å². The zero-order valence-corrected chi connectivity index (χ0v) is 15.4. The van der Waals surface area contributed by atoms with Crippen molar-refractivity contribution in [3.63, 3.8) is 0 Å². The molecule has 3 N–H and O–H groups in total. The van der Waals surface area contributed by atoms with E-state index in [9.17, 15) is 4.79 Å². The van der Waals surface area contributed by atoms with Crippen molar-refractivity contribution >= 4 is 16.8 Å². The van der Waals surface area contributed by atoms with Crippen LogP contribution in [0.2, 0.25) is 0 Å². The molecule has 1 unspecified atom stereocenters. The SMILES string of the molecule is Cc1cc(C)c2cc(CNCC3(c4ccccc4)CCC(=O)N3)[nH]c2c1. The average molecular weight is 347 g/mol. The lowest BCUT2D eigenvalue weighted by atomic mass is 9.88. The van der Waals surface area contributed by atoms with E-state index in [4.69, 9.17) is 0 Å². The Morgan fingerprint density at radius 3 is 2.65 bits per heavy atom. The summed E-state index contributed by atoms with van der Waals surface area (Å²) >= 11 is 0. The lowest BCUT2D eigenvalue weighted by molar-refractivity contribution is -0.119. The molecule has 1 atom stereocenters. The van der Waals surface area contributed by atoms with Crippen LogP contribution in [0.3, 0.4) is 0 Å². The molecule has 0 aliphatic carbocycles. The van der Waals surface area contributed by atoms with Crippen LogP contribution in [0.25, 0.3) is 10.9 Å². The number of aryl methyl sites for hydroxylation is 2. The molecule has 4 heteroatoms. The van der Waals surface area contributed by atoms with Crippen LogP contribution in [0, 0.1) is 13.8 Å². The summed E-state index contributed by atoms with van der Waals surface area (Å²) in [4.78, 5) is 15.4. The van der Waals surface area contributed by atoms with Gasteiger partial charge in [-0.1, -0.05) is 36.4 Å². The minimum absolute atomic E-state index is 0.132. The van der Waals surface area contributed by atoms with Gasteiger partial charge in [0.15, 0.2) is 0 Å². The lowest BCUT2D eigenvalue weighted by Gasteiger charge is -2.30. The molecule has 2 aromatic carbocycles. The van der Waals surface area contributed by atoms with E-state index in [1.807, 2.05) is 18.2 Å². The summed E-state index contributed by atoms with van der Waals surface area (Å²) in [6, 6.07) is 16.9. The molecule has 0 radical (unpaired) electrons. The molecule has 1 aliphatic heterocycles. The van der Waals surface area contributed by atoms with Crippen molar-refractivity contribution in [3.8, 4) is 0 Å². The number of amides is 1. The van der Waals surface area contributed by atoms with Crippen molar-refractivity contribution in [2.45, 2.75) is 38.8 Å². The van der Waals surface area contributed by atoms with Crippen LogP contribution in [-0.2, 0) is 16.9 Å². The van der Waals surface area contributed by atoms with Gasteiger partial charge in [-0.05, 0) is 49.1 Å². The molecule has 134 valence electrons. The molecule has 0 spiro atoms. The summed E-state index contributed by atoms with van der Waals surface area (Å²) in [5.74, 6) is 0.132. The number of hydrogen-bond acceptors (Lipinski definition) is 2. The van der Waals surface area contributed by atoms with Crippen LogP contribution in [0.15, 0.2) is 48.5 Å². The van der Waals surface area contributed by atoms with Gasteiger partial charge in [-0.2, -0.15) is 0 Å². The van der Waals surface area contributed by atoms with Crippen molar-refractivity contribution in [2.75, 3.05) is 6.54 Å². The molecule has 26 heavy (non-hydrogen) atoms. The Morgan fingerprint density at radius 2 is 1.92 bits per heavy atom. The zero-order valence-electron chi connectivity index (χ0n) is 15.4. The third-order valence-corrected chi connectivity index (χ3v) is 5.37. The minimum atomic E-state index is -0.309. The highest BCUT2D eigenvalue weighted by Gasteiger charge is 2.38. The fourth-order valence-corrected chi connectivity index (χ4v) is 4.09. The van der Waals surface area contributed by atoms with Crippen molar-refractivity contribution in [2.24, 2.45) is 0 Å². The quantitative estimate of drug-likeness (QED) is 0.659. The normalized spacial score (nSPS) is 19.8. The first-order valence-electron chi connectivity index (χ1n) is 9.22. The highest BCUT2D eigenvalue weighted by molar-refractivity contribution is 5.84. The van der Waals surface area contributed by atoms with E-state index < -0.39 is 0 Å². The minimum Gasteiger partial charge on any atom is -0.357 e. The maximum Gasteiger partial charge on any atom is 0.220 e. The number of nitrogens with one attached hydrogen (secondary N) is 3. The van der Waals surface area contributed by atoms with Gasteiger partial charge in [-0.3, -0.25) is 4.79 Å². The lowest BCUT2D eigenvalue weighted by Crippen LogP contribution is -2.46. The molecule has 0 saturated carbocycles. The number of carbonyl (C=O) groups excluding carboxylic acids is 1. The second-order valence-corrected chi connectivity index (χ2v) is 7.44. The second kappa shape index (κ2) is 6.61. The maximum absolute atomic E-state index is 11.9. The van der Waals surface area contributed by atoms with Gasteiger partial charge in [0.05, 0.1) is 5.54 Å². The molecule has 4 rings (SSSR count). The molecular weight excluding hydrogens is 322 g/mol. The van der Waals surface area contributed by atoms with Crippen molar-refractivity contribution in [3.05, 3.63) is 70.9 Å². The van der Waals surface area contributed by atoms with E-state index in [0.29, 0.717) is 6.42 Å². The van der Waals surface area contributed by atoms with Gasteiger partial charge in [-0.25, -0.2) is 0 Å². The zero-order chi connectivity index (χ0) is 18.1. The summed E-state index contributed by atoms with van der Waals surface area (Å²) in [7, 11) is 0. The third-order valence-electron chi connectivity index (χ3n) is 5.37. The molecule has 2 heterocycles. The monoisotopic (exact) mass is 347 g/mol. The maximum atomic E-state index is 11.9. The molecule has 1 fully saturated rings.